The van der Waals surface area contributed by atoms with E-state index < -0.39 is 0 Å². The summed E-state index contributed by atoms with van der Waals surface area (Å²) in [5.41, 5.74) is 3.87. The maximum atomic E-state index is 12.9. The van der Waals surface area contributed by atoms with Crippen LogP contribution in [0.4, 0.5) is 0 Å². The Balaban J connectivity index is 1.57. The fourth-order valence-corrected chi connectivity index (χ4v) is 3.52. The number of fused-ring (bicyclic) bond motifs is 1. The summed E-state index contributed by atoms with van der Waals surface area (Å²) in [5.74, 6) is -0.0356. The Labute approximate surface area is 157 Å². The molecule has 0 unspecified atom stereocenters. The van der Waals surface area contributed by atoms with Gasteiger partial charge in [0.15, 0.2) is 0 Å². The molecule has 2 heterocycles. The zero-order chi connectivity index (χ0) is 19.0. The topological polar surface area (TPSA) is 67.2 Å². The number of hydrogen-bond acceptors (Lipinski definition) is 3. The van der Waals surface area contributed by atoms with Gasteiger partial charge in [0.1, 0.15) is 0 Å². The van der Waals surface area contributed by atoms with Crippen LogP contribution in [0.2, 0.25) is 0 Å². The number of aromatic nitrogens is 2. The van der Waals surface area contributed by atoms with Crippen molar-refractivity contribution in [2.24, 2.45) is 7.05 Å². The summed E-state index contributed by atoms with van der Waals surface area (Å²) in [4.78, 5) is 26.2. The van der Waals surface area contributed by atoms with E-state index in [4.69, 9.17) is 0 Å². The van der Waals surface area contributed by atoms with Gasteiger partial charge in [0.2, 0.25) is 5.91 Å². The number of amides is 2. The first kappa shape index (κ1) is 17.3. The van der Waals surface area contributed by atoms with Gasteiger partial charge in [-0.15, -0.1) is 0 Å². The molecule has 1 aliphatic heterocycles. The lowest BCUT2D eigenvalue weighted by Gasteiger charge is -2.26. The standard InChI is InChI=1S/C21H22N4O2/c1-14-12-22-20(26)9-10-25(14)21(27)16-5-3-15(4-6-16)17-7-8-19-18(11-17)13-23-24(19)2/h3-8,11,13-14H,9-10,12H2,1-2H3,(H,22,26)/t14-/m1/s1. The summed E-state index contributed by atoms with van der Waals surface area (Å²) in [6.45, 7) is 2.90. The summed E-state index contributed by atoms with van der Waals surface area (Å²) >= 11 is 0. The van der Waals surface area contributed by atoms with Crippen LogP contribution in [0.25, 0.3) is 22.0 Å². The van der Waals surface area contributed by atoms with Crippen LogP contribution in [0, 0.1) is 0 Å². The highest BCUT2D eigenvalue weighted by Crippen LogP contribution is 2.25. The van der Waals surface area contributed by atoms with Crippen LogP contribution >= 0.6 is 0 Å². The molecule has 1 fully saturated rings. The third-order valence-corrected chi connectivity index (χ3v) is 5.18. The average Bonchev–Trinajstić information content (AvgIpc) is 2.97. The predicted molar refractivity (Wildman–Crippen MR) is 104 cm³/mol. The van der Waals surface area contributed by atoms with Crippen molar-refractivity contribution in [2.45, 2.75) is 19.4 Å². The SMILES string of the molecule is C[C@@H]1CNC(=O)CCN1C(=O)c1ccc(-c2ccc3c(cnn3C)c2)cc1. The van der Waals surface area contributed by atoms with E-state index in [1.807, 2.05) is 49.1 Å². The molecule has 1 aromatic heterocycles. The van der Waals surface area contributed by atoms with E-state index in [9.17, 15) is 9.59 Å². The number of hydrogen-bond donors (Lipinski definition) is 1. The monoisotopic (exact) mass is 362 g/mol. The van der Waals surface area contributed by atoms with Gasteiger partial charge in [-0.05, 0) is 42.3 Å². The molecule has 1 atom stereocenters. The molecule has 1 aliphatic rings. The molecular weight excluding hydrogens is 340 g/mol. The van der Waals surface area contributed by atoms with Gasteiger partial charge in [0.25, 0.3) is 5.91 Å². The molecule has 2 aromatic carbocycles. The number of carbonyl (C=O) groups is 2. The summed E-state index contributed by atoms with van der Waals surface area (Å²) in [6.07, 6.45) is 2.20. The number of carbonyl (C=O) groups excluding carboxylic acids is 2. The Morgan fingerprint density at radius 2 is 1.89 bits per heavy atom. The second-order valence-electron chi connectivity index (χ2n) is 7.02. The zero-order valence-electron chi connectivity index (χ0n) is 15.5. The van der Waals surface area contributed by atoms with Gasteiger partial charge >= 0.3 is 0 Å². The van der Waals surface area contributed by atoms with Crippen molar-refractivity contribution in [1.82, 2.24) is 20.0 Å². The Morgan fingerprint density at radius 3 is 2.67 bits per heavy atom. The highest BCUT2D eigenvalue weighted by Gasteiger charge is 2.25. The second kappa shape index (κ2) is 6.87. The molecule has 1 saturated heterocycles. The zero-order valence-corrected chi connectivity index (χ0v) is 15.5. The molecule has 6 nitrogen and oxygen atoms in total. The van der Waals surface area contributed by atoms with Gasteiger partial charge in [0, 0.05) is 43.5 Å². The second-order valence-corrected chi connectivity index (χ2v) is 7.02. The minimum atomic E-state index is -0.0340. The fraction of sp³-hybridized carbons (Fsp3) is 0.286. The molecule has 6 heteroatoms. The van der Waals surface area contributed by atoms with Crippen LogP contribution in [0.5, 0.6) is 0 Å². The minimum absolute atomic E-state index is 0.00158. The molecule has 0 spiro atoms. The lowest BCUT2D eigenvalue weighted by atomic mass is 10.0. The molecule has 4 rings (SSSR count). The predicted octanol–water partition coefficient (Wildman–Crippen LogP) is 2.59. The van der Waals surface area contributed by atoms with E-state index in [0.717, 1.165) is 22.0 Å². The first-order valence-electron chi connectivity index (χ1n) is 9.13. The average molecular weight is 362 g/mol. The van der Waals surface area contributed by atoms with Crippen molar-refractivity contribution in [3.8, 4) is 11.1 Å². The Morgan fingerprint density at radius 1 is 1.15 bits per heavy atom. The van der Waals surface area contributed by atoms with Crippen LogP contribution in [0.15, 0.2) is 48.7 Å². The largest absolute Gasteiger partial charge is 0.354 e. The first-order chi connectivity index (χ1) is 13.0. The van der Waals surface area contributed by atoms with Crippen molar-refractivity contribution >= 4 is 22.7 Å². The lowest BCUT2D eigenvalue weighted by molar-refractivity contribution is -0.120. The van der Waals surface area contributed by atoms with Crippen molar-refractivity contribution in [3.63, 3.8) is 0 Å². The summed E-state index contributed by atoms with van der Waals surface area (Å²) < 4.78 is 1.85. The number of rotatable bonds is 2. The third kappa shape index (κ3) is 3.30. The molecule has 3 aromatic rings. The molecule has 2 amide bonds. The van der Waals surface area contributed by atoms with Gasteiger partial charge in [-0.25, -0.2) is 0 Å². The molecule has 0 bridgehead atoms. The van der Waals surface area contributed by atoms with Gasteiger partial charge in [0.05, 0.1) is 11.7 Å². The van der Waals surface area contributed by atoms with Crippen LogP contribution in [0.3, 0.4) is 0 Å². The van der Waals surface area contributed by atoms with E-state index in [2.05, 4.69) is 28.6 Å². The van der Waals surface area contributed by atoms with Gasteiger partial charge in [-0.1, -0.05) is 18.2 Å². The smallest absolute Gasteiger partial charge is 0.254 e. The number of nitrogens with zero attached hydrogens (tertiary/aromatic N) is 3. The normalized spacial score (nSPS) is 17.6. The Bertz CT molecular complexity index is 1010. The van der Waals surface area contributed by atoms with Crippen molar-refractivity contribution in [3.05, 3.63) is 54.2 Å². The minimum Gasteiger partial charge on any atom is -0.354 e. The number of nitrogens with one attached hydrogen (secondary N) is 1. The highest BCUT2D eigenvalue weighted by atomic mass is 16.2. The maximum Gasteiger partial charge on any atom is 0.254 e. The van der Waals surface area contributed by atoms with Crippen LogP contribution < -0.4 is 5.32 Å². The first-order valence-corrected chi connectivity index (χ1v) is 9.13. The molecule has 138 valence electrons. The van der Waals surface area contributed by atoms with Crippen molar-refractivity contribution < 1.29 is 9.59 Å². The molecule has 0 saturated carbocycles. The van der Waals surface area contributed by atoms with E-state index in [0.29, 0.717) is 25.1 Å². The summed E-state index contributed by atoms with van der Waals surface area (Å²) in [5, 5.41) is 8.20. The van der Waals surface area contributed by atoms with Crippen LogP contribution in [-0.2, 0) is 11.8 Å². The van der Waals surface area contributed by atoms with Gasteiger partial charge in [-0.3, -0.25) is 14.3 Å². The van der Waals surface area contributed by atoms with Crippen LogP contribution in [0.1, 0.15) is 23.7 Å². The summed E-state index contributed by atoms with van der Waals surface area (Å²) in [7, 11) is 1.93. The Hall–Kier alpha value is -3.15. The van der Waals surface area contributed by atoms with E-state index in [1.165, 1.54) is 0 Å². The lowest BCUT2D eigenvalue weighted by Crippen LogP contribution is -2.41. The summed E-state index contributed by atoms with van der Waals surface area (Å²) in [6, 6.07) is 13.9. The molecule has 0 aliphatic carbocycles. The quantitative estimate of drug-likeness (QED) is 0.762. The van der Waals surface area contributed by atoms with Gasteiger partial charge in [-0.2, -0.15) is 5.10 Å². The van der Waals surface area contributed by atoms with Gasteiger partial charge < -0.3 is 10.2 Å². The number of benzene rings is 2. The van der Waals surface area contributed by atoms with Crippen molar-refractivity contribution in [2.75, 3.05) is 13.1 Å². The Kier molecular flexibility index (Phi) is 4.39. The maximum absolute atomic E-state index is 12.9. The van der Waals surface area contributed by atoms with Crippen molar-refractivity contribution in [1.29, 1.82) is 0 Å². The fourth-order valence-electron chi connectivity index (χ4n) is 3.52. The van der Waals surface area contributed by atoms with E-state index >= 15 is 0 Å². The molecule has 27 heavy (non-hydrogen) atoms. The molecule has 1 N–H and O–H groups in total. The number of aryl methyl sites for hydroxylation is 1. The van der Waals surface area contributed by atoms with Crippen LogP contribution in [-0.4, -0.2) is 45.6 Å². The third-order valence-electron chi connectivity index (χ3n) is 5.18. The molecular formula is C21H22N4O2. The van der Waals surface area contributed by atoms with E-state index in [1.54, 1.807) is 4.90 Å². The molecule has 0 radical (unpaired) electrons. The van der Waals surface area contributed by atoms with E-state index in [-0.39, 0.29) is 17.9 Å². The highest BCUT2D eigenvalue weighted by molar-refractivity contribution is 5.95.